The third-order valence-electron chi connectivity index (χ3n) is 5.25. The van der Waals surface area contributed by atoms with Crippen LogP contribution >= 0.6 is 0 Å². The van der Waals surface area contributed by atoms with E-state index in [-0.39, 0.29) is 23.8 Å². The van der Waals surface area contributed by atoms with Gasteiger partial charge in [-0.25, -0.2) is 13.2 Å². The molecule has 0 spiro atoms. The molecule has 3 atom stereocenters. The second kappa shape index (κ2) is 10.1. The number of sulfonamides is 1. The number of nitrogens with zero attached hydrogens (tertiary/aromatic N) is 2. The molecule has 2 saturated heterocycles. The number of fused-ring (bicyclic) bond motifs is 1. The summed E-state index contributed by atoms with van der Waals surface area (Å²) in [5.74, 6) is -1.44. The first-order valence-corrected chi connectivity index (χ1v) is 11.2. The zero-order valence-electron chi connectivity index (χ0n) is 16.8. The zero-order chi connectivity index (χ0) is 22.5. The topological polar surface area (TPSA) is 100 Å². The number of alkyl halides is 3. The SMILES string of the molecule is CCS(=O)(=O)N1C[C@@H]2CCCO[C@@H]2[C@H](N(C)Cc2ccco2)C1.O=C(O)C(F)(F)F. The Labute approximate surface area is 173 Å². The number of ether oxygens (including phenoxy) is 1. The van der Waals surface area contributed by atoms with Crippen molar-refractivity contribution in [2.75, 3.05) is 32.5 Å². The van der Waals surface area contributed by atoms with E-state index in [4.69, 9.17) is 19.1 Å². The Balaban J connectivity index is 0.000000396. The summed E-state index contributed by atoms with van der Waals surface area (Å²) in [4.78, 5) is 11.1. The quantitative estimate of drug-likeness (QED) is 0.725. The molecule has 0 unspecified atom stereocenters. The zero-order valence-corrected chi connectivity index (χ0v) is 17.7. The molecule has 0 radical (unpaired) electrons. The van der Waals surface area contributed by atoms with Gasteiger partial charge < -0.3 is 14.3 Å². The summed E-state index contributed by atoms with van der Waals surface area (Å²) >= 11 is 0. The van der Waals surface area contributed by atoms with Crippen LogP contribution in [0.4, 0.5) is 13.2 Å². The van der Waals surface area contributed by atoms with Crippen molar-refractivity contribution in [1.82, 2.24) is 9.21 Å². The summed E-state index contributed by atoms with van der Waals surface area (Å²) in [5.41, 5.74) is 0. The number of rotatable bonds is 5. The van der Waals surface area contributed by atoms with E-state index >= 15 is 0 Å². The van der Waals surface area contributed by atoms with Crippen molar-refractivity contribution in [3.8, 4) is 0 Å². The van der Waals surface area contributed by atoms with Crippen LogP contribution < -0.4 is 0 Å². The monoisotopic (exact) mass is 456 g/mol. The minimum atomic E-state index is -5.08. The van der Waals surface area contributed by atoms with E-state index in [9.17, 15) is 21.6 Å². The Bertz CT molecular complexity index is 784. The van der Waals surface area contributed by atoms with Gasteiger partial charge in [-0.15, -0.1) is 0 Å². The van der Waals surface area contributed by atoms with E-state index in [1.54, 1.807) is 17.5 Å². The summed E-state index contributed by atoms with van der Waals surface area (Å²) in [6.45, 7) is 4.22. The summed E-state index contributed by atoms with van der Waals surface area (Å²) in [6, 6.07) is 3.87. The van der Waals surface area contributed by atoms with E-state index in [0.717, 1.165) is 25.2 Å². The minimum absolute atomic E-state index is 0.0560. The molecule has 3 heterocycles. The van der Waals surface area contributed by atoms with Crippen LogP contribution in [0.5, 0.6) is 0 Å². The standard InChI is InChI=1S/C16H26N2O4S.C2HF3O2/c1-3-23(19,20)18-10-13-6-4-9-22-16(13)15(12-18)17(2)11-14-7-5-8-21-14;3-2(4,5)1(6)7/h5,7-8,13,15-16H,3-4,6,9-12H2,1-2H3;(H,6,7)/t13-,15+,16-;/m0./s1. The van der Waals surface area contributed by atoms with Crippen molar-refractivity contribution in [3.05, 3.63) is 24.2 Å². The van der Waals surface area contributed by atoms with Crippen LogP contribution in [0, 0.1) is 5.92 Å². The van der Waals surface area contributed by atoms with Crippen LogP contribution in [0.15, 0.2) is 22.8 Å². The number of hydrogen-bond acceptors (Lipinski definition) is 6. The highest BCUT2D eigenvalue weighted by atomic mass is 32.2. The molecule has 30 heavy (non-hydrogen) atoms. The Morgan fingerprint density at radius 1 is 1.37 bits per heavy atom. The van der Waals surface area contributed by atoms with E-state index in [2.05, 4.69) is 4.90 Å². The normalized spacial score (nSPS) is 25.3. The fourth-order valence-electron chi connectivity index (χ4n) is 3.70. The predicted molar refractivity (Wildman–Crippen MR) is 101 cm³/mol. The van der Waals surface area contributed by atoms with E-state index in [1.807, 2.05) is 19.2 Å². The molecule has 0 aromatic carbocycles. The molecule has 2 aliphatic rings. The first-order valence-electron chi connectivity index (χ1n) is 9.57. The summed E-state index contributed by atoms with van der Waals surface area (Å²) in [5, 5.41) is 7.12. The third-order valence-corrected chi connectivity index (χ3v) is 7.07. The highest BCUT2D eigenvalue weighted by Gasteiger charge is 2.44. The number of piperidine rings is 1. The lowest BCUT2D eigenvalue weighted by Gasteiger charge is -2.48. The van der Waals surface area contributed by atoms with Crippen molar-refractivity contribution in [2.45, 2.75) is 44.6 Å². The van der Waals surface area contributed by atoms with Crippen LogP contribution in [-0.4, -0.2) is 79.5 Å². The Kier molecular flexibility index (Phi) is 8.31. The number of halogens is 3. The van der Waals surface area contributed by atoms with Crippen molar-refractivity contribution >= 4 is 16.0 Å². The first kappa shape index (κ1) is 24.6. The molecule has 8 nitrogen and oxygen atoms in total. The van der Waals surface area contributed by atoms with Crippen molar-refractivity contribution in [2.24, 2.45) is 5.92 Å². The van der Waals surface area contributed by atoms with Crippen LogP contribution in [0.25, 0.3) is 0 Å². The van der Waals surface area contributed by atoms with Crippen LogP contribution in [-0.2, 0) is 26.1 Å². The van der Waals surface area contributed by atoms with Gasteiger partial charge in [-0.2, -0.15) is 17.5 Å². The van der Waals surface area contributed by atoms with Crippen molar-refractivity contribution in [3.63, 3.8) is 0 Å². The molecule has 12 heteroatoms. The number of aliphatic carboxylic acids is 1. The summed E-state index contributed by atoms with van der Waals surface area (Å²) in [7, 11) is -1.15. The molecule has 172 valence electrons. The summed E-state index contributed by atoms with van der Waals surface area (Å²) < 4.78 is 69.6. The maximum atomic E-state index is 12.4. The maximum absolute atomic E-state index is 12.4. The average molecular weight is 456 g/mol. The lowest BCUT2D eigenvalue weighted by Crippen LogP contribution is -2.61. The molecule has 1 N–H and O–H groups in total. The number of hydrogen-bond donors (Lipinski definition) is 1. The van der Waals surface area contributed by atoms with Gasteiger partial charge in [0, 0.05) is 25.6 Å². The molecule has 1 aromatic rings. The van der Waals surface area contributed by atoms with Gasteiger partial charge in [0.1, 0.15) is 5.76 Å². The number of likely N-dealkylation sites (N-methyl/N-ethyl adjacent to an activating group) is 1. The molecule has 2 fully saturated rings. The molecule has 0 amide bonds. The van der Waals surface area contributed by atoms with E-state index in [0.29, 0.717) is 19.6 Å². The second-order valence-electron chi connectivity index (χ2n) is 7.32. The first-order chi connectivity index (χ1) is 14.0. The smallest absolute Gasteiger partial charge is 0.475 e. The fourth-order valence-corrected chi connectivity index (χ4v) is 4.86. The molecule has 0 saturated carbocycles. The van der Waals surface area contributed by atoms with E-state index in [1.165, 1.54) is 0 Å². The Morgan fingerprint density at radius 3 is 2.57 bits per heavy atom. The van der Waals surface area contributed by atoms with Crippen molar-refractivity contribution < 1.29 is 40.6 Å². The fraction of sp³-hybridized carbons (Fsp3) is 0.722. The number of carboxylic acids is 1. The van der Waals surface area contributed by atoms with Gasteiger partial charge in [0.2, 0.25) is 10.0 Å². The molecule has 1 aromatic heterocycles. The lowest BCUT2D eigenvalue weighted by molar-refractivity contribution is -0.192. The lowest BCUT2D eigenvalue weighted by atomic mass is 9.86. The van der Waals surface area contributed by atoms with Gasteiger partial charge in [-0.3, -0.25) is 4.90 Å². The maximum Gasteiger partial charge on any atom is 0.490 e. The second-order valence-corrected chi connectivity index (χ2v) is 9.58. The summed E-state index contributed by atoms with van der Waals surface area (Å²) in [6.07, 6.45) is -1.27. The number of furan rings is 1. The van der Waals surface area contributed by atoms with Gasteiger partial charge in [0.05, 0.1) is 30.7 Å². The number of carbonyl (C=O) groups is 1. The molecule has 0 bridgehead atoms. The van der Waals surface area contributed by atoms with Gasteiger partial charge in [-0.05, 0) is 38.9 Å². The van der Waals surface area contributed by atoms with Gasteiger partial charge in [0.25, 0.3) is 0 Å². The highest BCUT2D eigenvalue weighted by molar-refractivity contribution is 7.89. The number of carboxylic acid groups (broad SMARTS) is 1. The van der Waals surface area contributed by atoms with Gasteiger partial charge in [0.15, 0.2) is 0 Å². The molecule has 3 rings (SSSR count). The largest absolute Gasteiger partial charge is 0.490 e. The minimum Gasteiger partial charge on any atom is -0.475 e. The Hall–Kier alpha value is -1.63. The molecule has 0 aliphatic carbocycles. The molecule has 2 aliphatic heterocycles. The van der Waals surface area contributed by atoms with Crippen LogP contribution in [0.2, 0.25) is 0 Å². The van der Waals surface area contributed by atoms with Crippen LogP contribution in [0.1, 0.15) is 25.5 Å². The predicted octanol–water partition coefficient (Wildman–Crippen LogP) is 2.17. The molecular weight excluding hydrogens is 429 g/mol. The average Bonchev–Trinajstić information content (AvgIpc) is 3.19. The molecular formula is C18H27F3N2O6S. The third kappa shape index (κ3) is 6.43. The van der Waals surface area contributed by atoms with Crippen LogP contribution in [0.3, 0.4) is 0 Å². The Morgan fingerprint density at radius 2 is 2.03 bits per heavy atom. The van der Waals surface area contributed by atoms with Gasteiger partial charge in [-0.1, -0.05) is 0 Å². The highest BCUT2D eigenvalue weighted by Crippen LogP contribution is 2.32. The van der Waals surface area contributed by atoms with E-state index < -0.39 is 22.2 Å². The van der Waals surface area contributed by atoms with Crippen molar-refractivity contribution in [1.29, 1.82) is 0 Å². The van der Waals surface area contributed by atoms with Gasteiger partial charge >= 0.3 is 12.1 Å².